The fourth-order valence-electron chi connectivity index (χ4n) is 2.60. The smallest absolute Gasteiger partial charge is 0.391 e. The maximum atomic E-state index is 12.3. The molecule has 122 valence electrons. The van der Waals surface area contributed by atoms with Crippen LogP contribution in [0, 0.1) is 17.3 Å². The van der Waals surface area contributed by atoms with Crippen LogP contribution in [0.3, 0.4) is 0 Å². The number of hydrogen-bond acceptors (Lipinski definition) is 4. The first-order chi connectivity index (χ1) is 9.58. The molecule has 5 nitrogen and oxygen atoms in total. The molecule has 0 bridgehead atoms. The molecule has 0 aromatic heterocycles. The Morgan fingerprint density at radius 2 is 1.90 bits per heavy atom. The van der Waals surface area contributed by atoms with Gasteiger partial charge < -0.3 is 4.74 Å². The van der Waals surface area contributed by atoms with Crippen LogP contribution in [-0.4, -0.2) is 40.0 Å². The summed E-state index contributed by atoms with van der Waals surface area (Å²) in [6.07, 6.45) is -3.37. The van der Waals surface area contributed by atoms with Crippen molar-refractivity contribution in [1.29, 1.82) is 0 Å². The highest BCUT2D eigenvalue weighted by Crippen LogP contribution is 2.48. The molecule has 0 saturated heterocycles. The van der Waals surface area contributed by atoms with Crippen molar-refractivity contribution in [3.05, 3.63) is 0 Å². The fourth-order valence-corrected chi connectivity index (χ4v) is 4.33. The topological polar surface area (TPSA) is 72.5 Å². The summed E-state index contributed by atoms with van der Waals surface area (Å²) in [6, 6.07) is 0. The summed E-state index contributed by atoms with van der Waals surface area (Å²) in [7, 11) is -2.49. The van der Waals surface area contributed by atoms with Crippen molar-refractivity contribution in [1.82, 2.24) is 4.72 Å². The number of sulfonamides is 1. The zero-order valence-corrected chi connectivity index (χ0v) is 12.4. The zero-order valence-electron chi connectivity index (χ0n) is 11.6. The average Bonchev–Trinajstić information content (AvgIpc) is 3.04. The molecule has 9 heteroatoms. The Labute approximate surface area is 121 Å². The maximum Gasteiger partial charge on any atom is 0.391 e. The van der Waals surface area contributed by atoms with Crippen molar-refractivity contribution in [2.75, 3.05) is 19.4 Å². The van der Waals surface area contributed by atoms with Gasteiger partial charge in [0, 0.05) is 6.54 Å². The predicted molar refractivity (Wildman–Crippen MR) is 67.7 cm³/mol. The van der Waals surface area contributed by atoms with E-state index in [-0.39, 0.29) is 31.1 Å². The van der Waals surface area contributed by atoms with Gasteiger partial charge in [-0.05, 0) is 31.6 Å². The molecule has 0 amide bonds. The number of ether oxygens (including phenoxy) is 1. The molecule has 0 atom stereocenters. The van der Waals surface area contributed by atoms with E-state index in [1.807, 2.05) is 0 Å². The second-order valence-corrected chi connectivity index (χ2v) is 7.76. The number of methoxy groups -OCH3 is 1. The molecule has 0 radical (unpaired) electrons. The Hall–Kier alpha value is -0.830. The van der Waals surface area contributed by atoms with Gasteiger partial charge in [0.05, 0.1) is 24.2 Å². The number of alkyl halides is 3. The highest BCUT2D eigenvalue weighted by molar-refractivity contribution is 7.89. The van der Waals surface area contributed by atoms with Gasteiger partial charge in [-0.2, -0.15) is 13.2 Å². The fraction of sp³-hybridized carbons (Fsp3) is 0.917. The minimum absolute atomic E-state index is 0.00777. The van der Waals surface area contributed by atoms with Crippen LogP contribution in [0.2, 0.25) is 0 Å². The molecular weight excluding hydrogens is 311 g/mol. The van der Waals surface area contributed by atoms with Crippen molar-refractivity contribution in [2.45, 2.75) is 31.9 Å². The number of halogens is 3. The summed E-state index contributed by atoms with van der Waals surface area (Å²) in [5.74, 6) is -2.52. The molecule has 2 rings (SSSR count). The second kappa shape index (κ2) is 5.42. The lowest BCUT2D eigenvalue weighted by molar-refractivity contribution is -0.203. The van der Waals surface area contributed by atoms with Gasteiger partial charge in [-0.1, -0.05) is 0 Å². The summed E-state index contributed by atoms with van der Waals surface area (Å²) >= 11 is 0. The number of rotatable bonds is 6. The molecule has 2 aliphatic carbocycles. The van der Waals surface area contributed by atoms with E-state index in [9.17, 15) is 26.4 Å². The van der Waals surface area contributed by atoms with E-state index in [2.05, 4.69) is 9.46 Å². The number of esters is 1. The van der Waals surface area contributed by atoms with Crippen molar-refractivity contribution >= 4 is 16.0 Å². The van der Waals surface area contributed by atoms with Crippen LogP contribution in [0.5, 0.6) is 0 Å². The maximum absolute atomic E-state index is 12.3. The van der Waals surface area contributed by atoms with Crippen molar-refractivity contribution in [3.63, 3.8) is 0 Å². The lowest BCUT2D eigenvalue weighted by Crippen LogP contribution is -2.43. The van der Waals surface area contributed by atoms with Crippen LogP contribution >= 0.6 is 0 Å². The van der Waals surface area contributed by atoms with Crippen LogP contribution in [0.4, 0.5) is 13.2 Å². The van der Waals surface area contributed by atoms with E-state index in [0.717, 1.165) is 0 Å². The average molecular weight is 329 g/mol. The van der Waals surface area contributed by atoms with E-state index in [0.29, 0.717) is 12.8 Å². The van der Waals surface area contributed by atoms with Crippen LogP contribution < -0.4 is 4.72 Å². The van der Waals surface area contributed by atoms with Crippen molar-refractivity contribution in [3.8, 4) is 0 Å². The van der Waals surface area contributed by atoms with E-state index in [4.69, 9.17) is 0 Å². The third-order valence-electron chi connectivity index (χ3n) is 4.23. The van der Waals surface area contributed by atoms with E-state index < -0.39 is 33.5 Å². The highest BCUT2D eigenvalue weighted by Gasteiger charge is 2.54. The van der Waals surface area contributed by atoms with E-state index in [1.165, 1.54) is 7.11 Å². The van der Waals surface area contributed by atoms with Crippen LogP contribution in [0.25, 0.3) is 0 Å². The number of nitrogens with one attached hydrogen (secondary N) is 1. The summed E-state index contributed by atoms with van der Waals surface area (Å²) in [4.78, 5) is 11.5. The lowest BCUT2D eigenvalue weighted by atomic mass is 9.74. The van der Waals surface area contributed by atoms with Gasteiger partial charge in [-0.15, -0.1) is 0 Å². The third kappa shape index (κ3) is 3.88. The minimum Gasteiger partial charge on any atom is -0.469 e. The van der Waals surface area contributed by atoms with Gasteiger partial charge in [-0.3, -0.25) is 4.79 Å². The van der Waals surface area contributed by atoms with Crippen molar-refractivity contribution < 1.29 is 31.1 Å². The standard InChI is InChI=1S/C12H18F3NO4S/c1-20-10(17)11(2-3-11)7-21(18,19)16-6-8-4-9(5-8)12(13,14)15/h8-9,16H,2-7H2,1H3. The first kappa shape index (κ1) is 16.5. The molecule has 0 unspecified atom stereocenters. The normalized spacial score (nSPS) is 27.8. The first-order valence-electron chi connectivity index (χ1n) is 6.70. The van der Waals surface area contributed by atoms with Gasteiger partial charge in [0.15, 0.2) is 0 Å². The van der Waals surface area contributed by atoms with Crippen LogP contribution in [0.1, 0.15) is 25.7 Å². The quantitative estimate of drug-likeness (QED) is 0.749. The Balaban J connectivity index is 1.78. The number of carbonyl (C=O) groups excluding carboxylic acids is 1. The molecule has 2 saturated carbocycles. The molecule has 21 heavy (non-hydrogen) atoms. The second-order valence-electron chi connectivity index (χ2n) is 5.96. The summed E-state index contributed by atoms with van der Waals surface area (Å²) in [5.41, 5.74) is -0.964. The van der Waals surface area contributed by atoms with Gasteiger partial charge in [0.2, 0.25) is 10.0 Å². The van der Waals surface area contributed by atoms with Crippen LogP contribution in [0.15, 0.2) is 0 Å². The Bertz CT molecular complexity index is 507. The molecule has 0 spiro atoms. The molecule has 0 aromatic carbocycles. The molecule has 0 aliphatic heterocycles. The molecule has 0 heterocycles. The monoisotopic (exact) mass is 329 g/mol. The third-order valence-corrected chi connectivity index (χ3v) is 5.77. The highest BCUT2D eigenvalue weighted by atomic mass is 32.2. The Morgan fingerprint density at radius 1 is 1.33 bits per heavy atom. The lowest BCUT2D eigenvalue weighted by Gasteiger charge is -2.36. The minimum atomic E-state index is -4.20. The summed E-state index contributed by atoms with van der Waals surface area (Å²) in [5, 5.41) is 0. The van der Waals surface area contributed by atoms with Gasteiger partial charge in [0.25, 0.3) is 0 Å². The molecule has 2 fully saturated rings. The van der Waals surface area contributed by atoms with Gasteiger partial charge >= 0.3 is 12.1 Å². The number of carbonyl (C=O) groups is 1. The summed E-state index contributed by atoms with van der Waals surface area (Å²) < 4.78 is 67.6. The Kier molecular flexibility index (Phi) is 4.27. The largest absolute Gasteiger partial charge is 0.469 e. The van der Waals surface area contributed by atoms with Gasteiger partial charge in [0.1, 0.15) is 0 Å². The zero-order chi connectivity index (χ0) is 15.9. The Morgan fingerprint density at radius 3 is 2.33 bits per heavy atom. The molecule has 2 aliphatic rings. The first-order valence-corrected chi connectivity index (χ1v) is 8.36. The SMILES string of the molecule is COC(=O)C1(CS(=O)(=O)NCC2CC(C(F)(F)F)C2)CC1. The predicted octanol–water partition coefficient (Wildman–Crippen LogP) is 1.45. The molecular formula is C12H18F3NO4S. The van der Waals surface area contributed by atoms with E-state index in [1.54, 1.807) is 0 Å². The molecule has 0 aromatic rings. The van der Waals surface area contributed by atoms with Gasteiger partial charge in [-0.25, -0.2) is 13.1 Å². The van der Waals surface area contributed by atoms with Crippen LogP contribution in [-0.2, 0) is 19.6 Å². The van der Waals surface area contributed by atoms with E-state index >= 15 is 0 Å². The van der Waals surface area contributed by atoms with Crippen molar-refractivity contribution in [2.24, 2.45) is 17.3 Å². The summed E-state index contributed by atoms with van der Waals surface area (Å²) in [6.45, 7) is -0.00777. The molecule has 1 N–H and O–H groups in total. The number of hydrogen-bond donors (Lipinski definition) is 1.